The molecule has 2 aromatic carbocycles. The van der Waals surface area contributed by atoms with E-state index in [1.807, 2.05) is 61.7 Å². The minimum atomic E-state index is -0.185. The molecule has 0 N–H and O–H groups in total. The Balaban J connectivity index is 1.70. The average molecular weight is 506 g/mol. The first-order valence-electron chi connectivity index (χ1n) is 14.1. The van der Waals surface area contributed by atoms with Crippen molar-refractivity contribution in [3.63, 3.8) is 0 Å². The van der Waals surface area contributed by atoms with Crippen LogP contribution in [-0.4, -0.2) is 29.0 Å². The lowest BCUT2D eigenvalue weighted by molar-refractivity contribution is -0.143. The predicted molar refractivity (Wildman–Crippen MR) is 150 cm³/mol. The number of rotatable bonds is 17. The predicted octanol–water partition coefficient (Wildman–Crippen LogP) is 8.12. The van der Waals surface area contributed by atoms with Gasteiger partial charge in [0.05, 0.1) is 12.7 Å². The zero-order valence-electron chi connectivity index (χ0n) is 22.8. The van der Waals surface area contributed by atoms with E-state index in [1.54, 1.807) is 0 Å². The highest BCUT2D eigenvalue weighted by Crippen LogP contribution is 2.26. The van der Waals surface area contributed by atoms with Crippen LogP contribution < -0.4 is 4.74 Å². The lowest BCUT2D eigenvalue weighted by Crippen LogP contribution is -2.16. The van der Waals surface area contributed by atoms with Gasteiger partial charge in [-0.3, -0.25) is 9.59 Å². The summed E-state index contributed by atoms with van der Waals surface area (Å²) in [7, 11) is 0. The number of aryl methyl sites for hydroxylation is 1. The Morgan fingerprint density at radius 2 is 1.51 bits per heavy atom. The van der Waals surface area contributed by atoms with Crippen molar-refractivity contribution in [3.05, 3.63) is 65.9 Å². The Bertz CT molecular complexity index is 1110. The zero-order valence-corrected chi connectivity index (χ0v) is 22.8. The van der Waals surface area contributed by atoms with Gasteiger partial charge in [-0.1, -0.05) is 57.7 Å². The molecule has 0 unspecified atom stereocenters. The number of aromatic nitrogens is 1. The third kappa shape index (κ3) is 8.48. The molecule has 1 aromatic heterocycles. The lowest BCUT2D eigenvalue weighted by atomic mass is 10.0. The molecule has 0 aliphatic heterocycles. The number of carbonyl (C=O) groups is 2. The molecule has 5 nitrogen and oxygen atoms in total. The Labute approximate surface area is 222 Å². The maximum atomic E-state index is 13.5. The van der Waals surface area contributed by atoms with Crippen LogP contribution in [0.5, 0.6) is 5.75 Å². The number of ether oxygens (including phenoxy) is 2. The molecule has 0 saturated heterocycles. The van der Waals surface area contributed by atoms with E-state index in [-0.39, 0.29) is 17.9 Å². The third-order valence-electron chi connectivity index (χ3n) is 6.80. The fraction of sp³-hybridized carbons (Fsp3) is 0.500. The number of nitrogens with zero attached hydrogens (tertiary/aromatic N) is 1. The minimum Gasteiger partial charge on any atom is -0.490 e. The van der Waals surface area contributed by atoms with Gasteiger partial charge in [-0.05, 0) is 69.4 Å². The maximum absolute atomic E-state index is 13.5. The zero-order chi connectivity index (χ0) is 26.5. The van der Waals surface area contributed by atoms with Crippen molar-refractivity contribution in [2.75, 3.05) is 6.61 Å². The van der Waals surface area contributed by atoms with Crippen molar-refractivity contribution in [3.8, 4) is 5.75 Å². The van der Waals surface area contributed by atoms with Crippen LogP contribution in [0.4, 0.5) is 0 Å². The molecule has 0 spiro atoms. The van der Waals surface area contributed by atoms with E-state index in [9.17, 15) is 9.59 Å². The summed E-state index contributed by atoms with van der Waals surface area (Å²) in [5.74, 6) is 0.640. The number of para-hydroxylation sites is 1. The molecule has 0 aliphatic rings. The van der Waals surface area contributed by atoms with Gasteiger partial charge in [-0.25, -0.2) is 0 Å². The van der Waals surface area contributed by atoms with E-state index >= 15 is 0 Å². The van der Waals surface area contributed by atoms with Crippen LogP contribution in [0.2, 0.25) is 0 Å². The van der Waals surface area contributed by atoms with Crippen molar-refractivity contribution in [1.29, 1.82) is 0 Å². The number of hydrogen-bond acceptors (Lipinski definition) is 4. The van der Waals surface area contributed by atoms with E-state index in [1.165, 1.54) is 38.5 Å². The van der Waals surface area contributed by atoms with Crippen LogP contribution in [0.15, 0.2) is 54.7 Å². The highest BCUT2D eigenvalue weighted by Gasteiger charge is 2.18. The molecule has 3 aromatic rings. The topological polar surface area (TPSA) is 57.5 Å². The van der Waals surface area contributed by atoms with Gasteiger partial charge in [0.25, 0.3) is 0 Å². The molecule has 0 atom stereocenters. The highest BCUT2D eigenvalue weighted by atomic mass is 16.5. The SMILES string of the molecule is CCCCCC(CCCCC)Oc1ccc(C(=O)c2cn(CCCC(=O)OCC)c3ccccc23)cc1. The Morgan fingerprint density at radius 3 is 2.16 bits per heavy atom. The van der Waals surface area contributed by atoms with Gasteiger partial charge in [-0.15, -0.1) is 0 Å². The van der Waals surface area contributed by atoms with Gasteiger partial charge < -0.3 is 14.0 Å². The Morgan fingerprint density at radius 1 is 0.838 bits per heavy atom. The van der Waals surface area contributed by atoms with Gasteiger partial charge in [0.15, 0.2) is 5.78 Å². The van der Waals surface area contributed by atoms with E-state index in [0.717, 1.165) is 29.5 Å². The fourth-order valence-corrected chi connectivity index (χ4v) is 4.78. The van der Waals surface area contributed by atoms with Crippen LogP contribution in [0.1, 0.15) is 101 Å². The first-order chi connectivity index (χ1) is 18.1. The highest BCUT2D eigenvalue weighted by molar-refractivity contribution is 6.16. The maximum Gasteiger partial charge on any atom is 0.305 e. The molecule has 0 saturated carbocycles. The molecule has 0 fully saturated rings. The molecule has 0 aliphatic carbocycles. The first-order valence-corrected chi connectivity index (χ1v) is 14.1. The lowest BCUT2D eigenvalue weighted by Gasteiger charge is -2.19. The summed E-state index contributed by atoms with van der Waals surface area (Å²) in [5.41, 5.74) is 2.32. The molecule has 37 heavy (non-hydrogen) atoms. The first kappa shape index (κ1) is 28.5. The number of hydrogen-bond donors (Lipinski definition) is 0. The number of ketones is 1. The molecular formula is C32H43NO4. The van der Waals surface area contributed by atoms with E-state index in [4.69, 9.17) is 9.47 Å². The van der Waals surface area contributed by atoms with Crippen molar-refractivity contribution in [2.45, 2.75) is 97.6 Å². The van der Waals surface area contributed by atoms with E-state index in [2.05, 4.69) is 18.4 Å². The normalized spacial score (nSPS) is 11.2. The molecule has 0 amide bonds. The van der Waals surface area contributed by atoms with Crippen LogP contribution in [-0.2, 0) is 16.1 Å². The molecule has 0 radical (unpaired) electrons. The number of carbonyl (C=O) groups excluding carboxylic acids is 2. The molecule has 3 rings (SSSR count). The van der Waals surface area contributed by atoms with Crippen molar-refractivity contribution in [1.82, 2.24) is 4.57 Å². The van der Waals surface area contributed by atoms with E-state index in [0.29, 0.717) is 37.1 Å². The minimum absolute atomic E-state index is 0.00525. The average Bonchev–Trinajstić information content (AvgIpc) is 3.27. The second-order valence-corrected chi connectivity index (χ2v) is 9.75. The summed E-state index contributed by atoms with van der Waals surface area (Å²) < 4.78 is 13.5. The summed E-state index contributed by atoms with van der Waals surface area (Å²) in [5, 5.41) is 0.927. The summed E-state index contributed by atoms with van der Waals surface area (Å²) in [4.78, 5) is 25.2. The van der Waals surface area contributed by atoms with E-state index < -0.39 is 0 Å². The van der Waals surface area contributed by atoms with Gasteiger partial charge in [0, 0.05) is 41.2 Å². The summed E-state index contributed by atoms with van der Waals surface area (Å²) in [6, 6.07) is 15.5. The Kier molecular flexibility index (Phi) is 11.7. The van der Waals surface area contributed by atoms with Crippen LogP contribution in [0.25, 0.3) is 10.9 Å². The second kappa shape index (κ2) is 15.2. The monoisotopic (exact) mass is 505 g/mol. The number of fused-ring (bicyclic) bond motifs is 1. The standard InChI is InChI=1S/C32H43NO4/c1-4-7-9-14-26(15-10-8-5-2)37-27-21-19-25(20-22-27)32(35)29-24-33(23-13-18-31(34)36-6-3)30-17-12-11-16-28(29)30/h11-12,16-17,19-22,24,26H,4-10,13-15,18,23H2,1-3H3. The smallest absolute Gasteiger partial charge is 0.305 e. The second-order valence-electron chi connectivity index (χ2n) is 9.75. The van der Waals surface area contributed by atoms with Gasteiger partial charge >= 0.3 is 5.97 Å². The third-order valence-corrected chi connectivity index (χ3v) is 6.80. The number of esters is 1. The van der Waals surface area contributed by atoms with Crippen molar-refractivity contribution < 1.29 is 19.1 Å². The molecular weight excluding hydrogens is 462 g/mol. The van der Waals surface area contributed by atoms with Crippen molar-refractivity contribution in [2.24, 2.45) is 0 Å². The number of unbranched alkanes of at least 4 members (excludes halogenated alkanes) is 4. The molecule has 5 heteroatoms. The van der Waals surface area contributed by atoms with Gasteiger partial charge in [0.1, 0.15) is 5.75 Å². The largest absolute Gasteiger partial charge is 0.490 e. The molecule has 200 valence electrons. The Hall–Kier alpha value is -3.08. The fourth-order valence-electron chi connectivity index (χ4n) is 4.78. The van der Waals surface area contributed by atoms with Gasteiger partial charge in [-0.2, -0.15) is 0 Å². The van der Waals surface area contributed by atoms with Crippen LogP contribution >= 0.6 is 0 Å². The summed E-state index contributed by atoms with van der Waals surface area (Å²) in [6.45, 7) is 7.31. The van der Waals surface area contributed by atoms with Crippen LogP contribution in [0, 0.1) is 0 Å². The quantitative estimate of drug-likeness (QED) is 0.106. The van der Waals surface area contributed by atoms with Gasteiger partial charge in [0.2, 0.25) is 0 Å². The summed E-state index contributed by atoms with van der Waals surface area (Å²) in [6.07, 6.45) is 12.6. The molecule has 1 heterocycles. The number of benzene rings is 2. The summed E-state index contributed by atoms with van der Waals surface area (Å²) >= 11 is 0. The molecule has 0 bridgehead atoms. The van der Waals surface area contributed by atoms with Crippen LogP contribution in [0.3, 0.4) is 0 Å². The van der Waals surface area contributed by atoms with Crippen molar-refractivity contribution >= 4 is 22.7 Å².